The number of ether oxygens (including phenoxy) is 1. The number of amides is 2. The lowest BCUT2D eigenvalue weighted by Crippen LogP contribution is -2.36. The zero-order valence-corrected chi connectivity index (χ0v) is 16.2. The molecule has 0 unspecified atom stereocenters. The third kappa shape index (κ3) is 5.31. The highest BCUT2D eigenvalue weighted by Crippen LogP contribution is 2.24. The predicted molar refractivity (Wildman–Crippen MR) is 105 cm³/mol. The van der Waals surface area contributed by atoms with E-state index >= 15 is 0 Å². The van der Waals surface area contributed by atoms with E-state index in [0.717, 1.165) is 12.0 Å². The Morgan fingerprint density at radius 1 is 1.11 bits per heavy atom. The van der Waals surface area contributed by atoms with E-state index in [1.807, 2.05) is 19.1 Å². The number of nitrogens with one attached hydrogen (secondary N) is 1. The minimum Gasteiger partial charge on any atom is -0.465 e. The summed E-state index contributed by atoms with van der Waals surface area (Å²) in [7, 11) is 1.27. The summed E-state index contributed by atoms with van der Waals surface area (Å²) in [6.07, 6.45) is 0.885. The van der Waals surface area contributed by atoms with Gasteiger partial charge in [0.15, 0.2) is 0 Å². The van der Waals surface area contributed by atoms with Crippen LogP contribution in [0.4, 0.5) is 11.4 Å². The first-order valence-electron chi connectivity index (χ1n) is 8.40. The van der Waals surface area contributed by atoms with Crippen molar-refractivity contribution in [2.24, 2.45) is 0 Å². The van der Waals surface area contributed by atoms with Gasteiger partial charge in [0, 0.05) is 12.6 Å². The third-order valence-corrected chi connectivity index (χ3v) is 4.33. The largest absolute Gasteiger partial charge is 0.465 e. The lowest BCUT2D eigenvalue weighted by molar-refractivity contribution is -0.120. The van der Waals surface area contributed by atoms with Crippen molar-refractivity contribution in [3.63, 3.8) is 0 Å². The van der Waals surface area contributed by atoms with E-state index in [1.165, 1.54) is 37.1 Å². The van der Waals surface area contributed by atoms with Crippen LogP contribution in [0, 0.1) is 0 Å². The van der Waals surface area contributed by atoms with Crippen LogP contribution in [0.2, 0.25) is 5.02 Å². The van der Waals surface area contributed by atoms with Gasteiger partial charge in [-0.15, -0.1) is 0 Å². The summed E-state index contributed by atoms with van der Waals surface area (Å²) in [5, 5.41) is 2.91. The second-order valence-electron chi connectivity index (χ2n) is 5.86. The van der Waals surface area contributed by atoms with Gasteiger partial charge in [-0.2, -0.15) is 0 Å². The normalized spacial score (nSPS) is 10.2. The number of hydrogen-bond acceptors (Lipinski definition) is 4. The van der Waals surface area contributed by atoms with E-state index in [0.29, 0.717) is 5.69 Å². The molecule has 0 aliphatic carbocycles. The van der Waals surface area contributed by atoms with Gasteiger partial charge in [-0.05, 0) is 42.3 Å². The molecule has 0 spiro atoms. The quantitative estimate of drug-likeness (QED) is 0.766. The van der Waals surface area contributed by atoms with Gasteiger partial charge in [-0.1, -0.05) is 30.7 Å². The van der Waals surface area contributed by atoms with Crippen LogP contribution in [0.5, 0.6) is 0 Å². The maximum Gasteiger partial charge on any atom is 0.337 e. The maximum atomic E-state index is 12.4. The summed E-state index contributed by atoms with van der Waals surface area (Å²) in [5.41, 5.74) is 2.30. The topological polar surface area (TPSA) is 75.7 Å². The minimum atomic E-state index is -0.538. The molecule has 2 rings (SSSR count). The van der Waals surface area contributed by atoms with Gasteiger partial charge in [-0.3, -0.25) is 9.59 Å². The summed E-state index contributed by atoms with van der Waals surface area (Å²) in [4.78, 5) is 37.4. The molecule has 1 N–H and O–H groups in total. The lowest BCUT2D eigenvalue weighted by atomic mass is 10.1. The summed E-state index contributed by atoms with van der Waals surface area (Å²) >= 11 is 6.09. The molecule has 2 aromatic rings. The molecule has 0 atom stereocenters. The molecule has 0 fully saturated rings. The molecule has 27 heavy (non-hydrogen) atoms. The Bertz CT molecular complexity index is 850. The van der Waals surface area contributed by atoms with E-state index in [2.05, 4.69) is 10.1 Å². The van der Waals surface area contributed by atoms with E-state index < -0.39 is 11.9 Å². The Balaban J connectivity index is 2.16. The third-order valence-electron chi connectivity index (χ3n) is 4.00. The van der Waals surface area contributed by atoms with Gasteiger partial charge < -0.3 is 15.0 Å². The molecule has 0 heterocycles. The molecule has 0 saturated carbocycles. The summed E-state index contributed by atoms with van der Waals surface area (Å²) < 4.78 is 4.66. The Morgan fingerprint density at radius 2 is 1.78 bits per heavy atom. The van der Waals surface area contributed by atoms with Crippen LogP contribution in [0.15, 0.2) is 42.5 Å². The summed E-state index contributed by atoms with van der Waals surface area (Å²) in [5.74, 6) is -1.24. The maximum absolute atomic E-state index is 12.4. The molecule has 2 aromatic carbocycles. The van der Waals surface area contributed by atoms with Crippen molar-refractivity contribution in [2.75, 3.05) is 23.9 Å². The Labute approximate surface area is 163 Å². The number of rotatable bonds is 6. The number of methoxy groups -OCH3 is 1. The van der Waals surface area contributed by atoms with Crippen molar-refractivity contribution in [3.05, 3.63) is 58.6 Å². The van der Waals surface area contributed by atoms with Crippen molar-refractivity contribution < 1.29 is 19.1 Å². The van der Waals surface area contributed by atoms with Crippen molar-refractivity contribution >= 4 is 40.8 Å². The van der Waals surface area contributed by atoms with Gasteiger partial charge in [0.1, 0.15) is 6.54 Å². The molecule has 142 valence electrons. The van der Waals surface area contributed by atoms with Crippen LogP contribution in [0.3, 0.4) is 0 Å². The second kappa shape index (κ2) is 9.19. The van der Waals surface area contributed by atoms with Crippen LogP contribution >= 0.6 is 11.6 Å². The predicted octanol–water partition coefficient (Wildman–Crippen LogP) is 3.68. The first kappa shape index (κ1) is 20.5. The average molecular weight is 389 g/mol. The van der Waals surface area contributed by atoms with Crippen molar-refractivity contribution in [3.8, 4) is 0 Å². The van der Waals surface area contributed by atoms with Crippen LogP contribution in [0.1, 0.15) is 29.8 Å². The number of anilines is 2. The van der Waals surface area contributed by atoms with E-state index in [-0.39, 0.29) is 28.7 Å². The number of hydrogen-bond donors (Lipinski definition) is 1. The fourth-order valence-electron chi connectivity index (χ4n) is 2.50. The fourth-order valence-corrected chi connectivity index (χ4v) is 2.66. The number of aryl methyl sites for hydroxylation is 1. The highest BCUT2D eigenvalue weighted by Gasteiger charge is 2.17. The Morgan fingerprint density at radius 3 is 2.33 bits per heavy atom. The summed E-state index contributed by atoms with van der Waals surface area (Å²) in [6, 6.07) is 11.9. The number of carbonyl (C=O) groups excluding carboxylic acids is 3. The van der Waals surface area contributed by atoms with Gasteiger partial charge in [0.05, 0.1) is 23.4 Å². The number of esters is 1. The standard InChI is InChI=1S/C20H21ClN2O4/c1-4-14-5-8-16(9-6-14)23(13(2)24)12-19(25)22-18-11-15(20(26)27-3)7-10-17(18)21/h5-11H,4,12H2,1-3H3,(H,22,25). The van der Waals surface area contributed by atoms with Gasteiger partial charge in [0.25, 0.3) is 0 Å². The molecule has 0 bridgehead atoms. The zero-order chi connectivity index (χ0) is 20.0. The highest BCUT2D eigenvalue weighted by atomic mass is 35.5. The van der Waals surface area contributed by atoms with Crippen molar-refractivity contribution in [2.45, 2.75) is 20.3 Å². The molecular formula is C20H21ClN2O4. The Kier molecular flexibility index (Phi) is 6.96. The van der Waals surface area contributed by atoms with Gasteiger partial charge in [0.2, 0.25) is 11.8 Å². The van der Waals surface area contributed by atoms with Gasteiger partial charge in [-0.25, -0.2) is 4.79 Å². The second-order valence-corrected chi connectivity index (χ2v) is 6.27. The number of halogens is 1. The molecule has 2 amide bonds. The SMILES string of the molecule is CCc1ccc(N(CC(=O)Nc2cc(C(=O)OC)ccc2Cl)C(C)=O)cc1. The first-order chi connectivity index (χ1) is 12.8. The monoisotopic (exact) mass is 388 g/mol. The molecule has 7 heteroatoms. The van der Waals surface area contributed by atoms with E-state index in [1.54, 1.807) is 12.1 Å². The molecule has 0 saturated heterocycles. The first-order valence-corrected chi connectivity index (χ1v) is 8.78. The lowest BCUT2D eigenvalue weighted by Gasteiger charge is -2.21. The summed E-state index contributed by atoms with van der Waals surface area (Å²) in [6.45, 7) is 3.25. The van der Waals surface area contributed by atoms with Crippen LogP contribution in [0.25, 0.3) is 0 Å². The zero-order valence-electron chi connectivity index (χ0n) is 15.4. The molecule has 6 nitrogen and oxygen atoms in total. The van der Waals surface area contributed by atoms with Crippen LogP contribution in [-0.4, -0.2) is 31.4 Å². The van der Waals surface area contributed by atoms with Crippen LogP contribution in [-0.2, 0) is 20.7 Å². The van der Waals surface area contributed by atoms with Gasteiger partial charge >= 0.3 is 5.97 Å². The fraction of sp³-hybridized carbons (Fsp3) is 0.250. The Hall–Kier alpha value is -2.86. The smallest absolute Gasteiger partial charge is 0.337 e. The van der Waals surface area contributed by atoms with Crippen molar-refractivity contribution in [1.82, 2.24) is 0 Å². The van der Waals surface area contributed by atoms with Crippen LogP contribution < -0.4 is 10.2 Å². The molecule has 0 aromatic heterocycles. The number of carbonyl (C=O) groups is 3. The highest BCUT2D eigenvalue weighted by molar-refractivity contribution is 6.34. The number of benzene rings is 2. The average Bonchev–Trinajstić information content (AvgIpc) is 2.67. The molecule has 0 aliphatic rings. The van der Waals surface area contributed by atoms with E-state index in [4.69, 9.17) is 11.6 Å². The minimum absolute atomic E-state index is 0.181. The molecule has 0 radical (unpaired) electrons. The molecular weight excluding hydrogens is 368 g/mol. The molecule has 0 aliphatic heterocycles. The van der Waals surface area contributed by atoms with Crippen molar-refractivity contribution in [1.29, 1.82) is 0 Å². The number of nitrogens with zero attached hydrogens (tertiary/aromatic N) is 1. The van der Waals surface area contributed by atoms with E-state index in [9.17, 15) is 14.4 Å².